The van der Waals surface area contributed by atoms with Gasteiger partial charge in [-0.15, -0.1) is 0 Å². The Morgan fingerprint density at radius 2 is 0.544 bits per heavy atom. The van der Waals surface area contributed by atoms with Crippen LogP contribution in [0.5, 0.6) is 0 Å². The molecule has 0 rings (SSSR count). The van der Waals surface area contributed by atoms with Gasteiger partial charge in [0.15, 0.2) is 6.10 Å². The van der Waals surface area contributed by atoms with Gasteiger partial charge < -0.3 is 14.6 Å². The minimum absolute atomic E-state index is 0.0596. The Kier molecular flexibility index (Phi) is 67.7. The van der Waals surface area contributed by atoms with Gasteiger partial charge in [0.1, 0.15) is 6.61 Å². The fraction of sp³-hybridized carbons (Fsp3) is 0.838. The number of aliphatic hydroxyl groups is 1. The van der Waals surface area contributed by atoms with Gasteiger partial charge in [-0.3, -0.25) is 9.59 Å². The minimum atomic E-state index is -0.770. The van der Waals surface area contributed by atoms with Crippen LogP contribution in [0.25, 0.3) is 0 Å². The standard InChI is InChI=1S/C74H136O5/c1-3-5-7-9-11-13-15-17-19-21-23-25-27-29-31-33-34-35-36-37-38-39-40-41-43-45-47-49-51-53-55-57-59-61-63-65-67-69-74(77)79-72(70-75)71-78-73(76)68-66-64-62-60-58-56-54-52-50-48-46-44-42-32-30-28-26-24-22-20-18-16-14-12-10-8-6-4-2/h5,7,11,13,17,19,23,25,29,31,72,75H,3-4,6,8-10,12,14-16,18,20-22,24,26-28,30,32-71H2,1-2H3/b7-5-,13-11-,19-17-,25-23-,31-29-. The second kappa shape index (κ2) is 69.9. The highest BCUT2D eigenvalue weighted by atomic mass is 16.6. The van der Waals surface area contributed by atoms with Crippen LogP contribution >= 0.6 is 0 Å². The molecule has 0 aromatic rings. The van der Waals surface area contributed by atoms with E-state index in [0.717, 1.165) is 64.2 Å². The highest BCUT2D eigenvalue weighted by Crippen LogP contribution is 2.19. The van der Waals surface area contributed by atoms with E-state index in [0.29, 0.717) is 12.8 Å². The number of ether oxygens (including phenoxy) is 2. The SMILES string of the molecule is CC/C=C\C/C=C\C/C=C\C/C=C\C/C=C\CCCCCCCCCCCCCCCCCCCCCCCC(=O)OC(CO)COC(=O)CCCCCCCCCCCCCCCCCCCCCCCCCCCCCC. The normalized spacial score (nSPS) is 12.5. The molecule has 1 atom stereocenters. The first kappa shape index (κ1) is 76.6. The Balaban J connectivity index is 3.39. The predicted octanol–water partition coefficient (Wildman–Crippen LogP) is 24.5. The number of hydrogen-bond donors (Lipinski definition) is 1. The van der Waals surface area contributed by atoms with Crippen molar-refractivity contribution < 1.29 is 24.2 Å². The average Bonchev–Trinajstić information content (AvgIpc) is 3.45. The summed E-state index contributed by atoms with van der Waals surface area (Å²) < 4.78 is 10.8. The maximum Gasteiger partial charge on any atom is 0.306 e. The van der Waals surface area contributed by atoms with E-state index < -0.39 is 6.10 Å². The van der Waals surface area contributed by atoms with Crippen molar-refractivity contribution in [2.24, 2.45) is 0 Å². The molecule has 0 aliphatic carbocycles. The summed E-state index contributed by atoms with van der Waals surface area (Å²) in [5.41, 5.74) is 0. The molecule has 1 unspecified atom stereocenters. The van der Waals surface area contributed by atoms with Gasteiger partial charge in [0.05, 0.1) is 6.61 Å². The molecule has 0 aromatic heterocycles. The van der Waals surface area contributed by atoms with Gasteiger partial charge in [0.2, 0.25) is 0 Å². The third-order valence-corrected chi connectivity index (χ3v) is 16.1. The van der Waals surface area contributed by atoms with Gasteiger partial charge in [-0.25, -0.2) is 0 Å². The summed E-state index contributed by atoms with van der Waals surface area (Å²) in [6.45, 7) is 4.09. The van der Waals surface area contributed by atoms with Crippen LogP contribution < -0.4 is 0 Å². The van der Waals surface area contributed by atoms with Crippen molar-refractivity contribution in [3.63, 3.8) is 0 Å². The Bertz CT molecular complexity index is 1340. The van der Waals surface area contributed by atoms with Crippen molar-refractivity contribution in [2.75, 3.05) is 13.2 Å². The zero-order valence-electron chi connectivity index (χ0n) is 53.2. The summed E-state index contributed by atoms with van der Waals surface area (Å²) in [5.74, 6) is -0.566. The number of aliphatic hydroxyl groups excluding tert-OH is 1. The van der Waals surface area contributed by atoms with E-state index in [-0.39, 0.29) is 25.2 Å². The van der Waals surface area contributed by atoms with Crippen LogP contribution in [0.1, 0.15) is 380 Å². The summed E-state index contributed by atoms with van der Waals surface area (Å²) >= 11 is 0. The second-order valence-electron chi connectivity index (χ2n) is 23.9. The fourth-order valence-electron chi connectivity index (χ4n) is 10.8. The van der Waals surface area contributed by atoms with Crippen LogP contribution in [0.15, 0.2) is 60.8 Å². The lowest BCUT2D eigenvalue weighted by Gasteiger charge is -2.15. The average molecular weight is 1110 g/mol. The van der Waals surface area contributed by atoms with Crippen molar-refractivity contribution in [1.29, 1.82) is 0 Å². The maximum atomic E-state index is 12.4. The zero-order chi connectivity index (χ0) is 56.9. The molecule has 0 radical (unpaired) electrons. The first-order valence-electron chi connectivity index (χ1n) is 35.3. The third kappa shape index (κ3) is 68.0. The lowest BCUT2D eigenvalue weighted by atomic mass is 10.0. The molecular weight excluding hydrogens is 969 g/mol. The molecule has 1 N–H and O–H groups in total. The highest BCUT2D eigenvalue weighted by molar-refractivity contribution is 5.70. The first-order chi connectivity index (χ1) is 39.1. The molecule has 79 heavy (non-hydrogen) atoms. The molecule has 0 bridgehead atoms. The Morgan fingerprint density at radius 3 is 0.823 bits per heavy atom. The van der Waals surface area contributed by atoms with Crippen LogP contribution in [0.4, 0.5) is 0 Å². The Morgan fingerprint density at radius 1 is 0.304 bits per heavy atom. The molecule has 5 nitrogen and oxygen atoms in total. The van der Waals surface area contributed by atoms with Crippen molar-refractivity contribution in [1.82, 2.24) is 0 Å². The van der Waals surface area contributed by atoms with Gasteiger partial charge in [-0.1, -0.05) is 370 Å². The molecule has 0 aliphatic rings. The molecule has 0 fully saturated rings. The van der Waals surface area contributed by atoms with E-state index in [1.807, 2.05) is 0 Å². The van der Waals surface area contributed by atoms with Crippen LogP contribution in [0.2, 0.25) is 0 Å². The molecule has 0 amide bonds. The van der Waals surface area contributed by atoms with E-state index in [1.165, 1.54) is 289 Å². The number of rotatable bonds is 66. The minimum Gasteiger partial charge on any atom is -0.462 e. The first-order valence-corrected chi connectivity index (χ1v) is 35.3. The summed E-state index contributed by atoms with van der Waals surface area (Å²) in [7, 11) is 0. The fourth-order valence-corrected chi connectivity index (χ4v) is 10.8. The van der Waals surface area contributed by atoms with Crippen molar-refractivity contribution in [3.05, 3.63) is 60.8 Å². The molecule has 5 heteroatoms. The zero-order valence-corrected chi connectivity index (χ0v) is 53.2. The van der Waals surface area contributed by atoms with Crippen molar-refractivity contribution in [3.8, 4) is 0 Å². The molecule has 462 valence electrons. The van der Waals surface area contributed by atoms with Gasteiger partial charge in [-0.05, 0) is 57.8 Å². The summed E-state index contributed by atoms with van der Waals surface area (Å²) in [4.78, 5) is 24.7. The number of allylic oxidation sites excluding steroid dienone is 10. The molecular formula is C74H136O5. The van der Waals surface area contributed by atoms with Gasteiger partial charge >= 0.3 is 11.9 Å². The smallest absolute Gasteiger partial charge is 0.306 e. The Labute approximate surface area is 493 Å². The molecule has 0 spiro atoms. The van der Waals surface area contributed by atoms with Gasteiger partial charge in [0.25, 0.3) is 0 Å². The Hall–Kier alpha value is -2.40. The molecule has 0 heterocycles. The van der Waals surface area contributed by atoms with E-state index in [4.69, 9.17) is 9.47 Å². The van der Waals surface area contributed by atoms with Crippen LogP contribution in [-0.2, 0) is 19.1 Å². The van der Waals surface area contributed by atoms with E-state index >= 15 is 0 Å². The molecule has 0 saturated heterocycles. The summed E-state index contributed by atoms with van der Waals surface area (Å²) in [6, 6.07) is 0. The lowest BCUT2D eigenvalue weighted by Crippen LogP contribution is -2.28. The number of hydrogen-bond acceptors (Lipinski definition) is 5. The van der Waals surface area contributed by atoms with E-state index in [1.54, 1.807) is 0 Å². The summed E-state index contributed by atoms with van der Waals surface area (Å²) in [6.07, 6.45) is 95.5. The summed E-state index contributed by atoms with van der Waals surface area (Å²) in [5, 5.41) is 9.70. The number of unbranched alkanes of at least 4 members (excludes halogenated alkanes) is 48. The molecule has 0 aliphatic heterocycles. The van der Waals surface area contributed by atoms with Crippen LogP contribution in [-0.4, -0.2) is 36.4 Å². The molecule has 0 aromatic carbocycles. The quantitative estimate of drug-likeness (QED) is 0.0373. The number of carbonyl (C=O) groups is 2. The van der Waals surface area contributed by atoms with Gasteiger partial charge in [-0.2, -0.15) is 0 Å². The maximum absolute atomic E-state index is 12.4. The van der Waals surface area contributed by atoms with E-state index in [2.05, 4.69) is 74.6 Å². The number of carbonyl (C=O) groups excluding carboxylic acids is 2. The lowest BCUT2D eigenvalue weighted by molar-refractivity contribution is -0.161. The van der Waals surface area contributed by atoms with Crippen LogP contribution in [0.3, 0.4) is 0 Å². The second-order valence-corrected chi connectivity index (χ2v) is 23.9. The topological polar surface area (TPSA) is 72.8 Å². The predicted molar refractivity (Wildman–Crippen MR) is 348 cm³/mol. The highest BCUT2D eigenvalue weighted by Gasteiger charge is 2.16. The van der Waals surface area contributed by atoms with E-state index in [9.17, 15) is 14.7 Å². The molecule has 0 saturated carbocycles. The largest absolute Gasteiger partial charge is 0.462 e. The number of esters is 2. The van der Waals surface area contributed by atoms with Crippen molar-refractivity contribution >= 4 is 11.9 Å². The van der Waals surface area contributed by atoms with Crippen LogP contribution in [0, 0.1) is 0 Å². The monoisotopic (exact) mass is 1110 g/mol. The van der Waals surface area contributed by atoms with Crippen molar-refractivity contribution in [2.45, 2.75) is 386 Å². The van der Waals surface area contributed by atoms with Gasteiger partial charge in [0, 0.05) is 12.8 Å². The third-order valence-electron chi connectivity index (χ3n) is 16.1.